The van der Waals surface area contributed by atoms with Crippen molar-refractivity contribution in [3.63, 3.8) is 0 Å². The van der Waals surface area contributed by atoms with Gasteiger partial charge in [0.1, 0.15) is 11.3 Å². The van der Waals surface area contributed by atoms with Gasteiger partial charge < -0.3 is 30.9 Å². The molecular weight excluding hydrogens is 408 g/mol. The topological polar surface area (TPSA) is 113 Å². The summed E-state index contributed by atoms with van der Waals surface area (Å²) in [7, 11) is 1.64. The van der Waals surface area contributed by atoms with Crippen LogP contribution < -0.4 is 30.9 Å². The predicted molar refractivity (Wildman–Crippen MR) is 124 cm³/mol. The highest BCUT2D eigenvalue weighted by atomic mass is 16.5. The van der Waals surface area contributed by atoms with Crippen LogP contribution in [0.2, 0.25) is 0 Å². The summed E-state index contributed by atoms with van der Waals surface area (Å²) in [5.41, 5.74) is 8.32. The third-order valence-electron chi connectivity index (χ3n) is 6.08. The van der Waals surface area contributed by atoms with E-state index in [0.717, 1.165) is 63.7 Å². The number of primary amides is 1. The van der Waals surface area contributed by atoms with E-state index in [4.69, 9.17) is 15.5 Å². The first-order chi connectivity index (χ1) is 15.7. The van der Waals surface area contributed by atoms with Gasteiger partial charge in [-0.3, -0.25) is 9.20 Å². The molecule has 10 nitrogen and oxygen atoms in total. The Morgan fingerprint density at radius 2 is 1.94 bits per heavy atom. The van der Waals surface area contributed by atoms with Crippen molar-refractivity contribution in [1.82, 2.24) is 19.7 Å². The average molecular weight is 437 g/mol. The maximum absolute atomic E-state index is 12.4. The van der Waals surface area contributed by atoms with E-state index >= 15 is 0 Å². The number of carbonyl (C=O) groups excluding carboxylic acids is 1. The summed E-state index contributed by atoms with van der Waals surface area (Å²) in [5.74, 6) is 1.22. The maximum Gasteiger partial charge on any atom is 0.256 e. The second kappa shape index (κ2) is 8.54. The van der Waals surface area contributed by atoms with E-state index in [-0.39, 0.29) is 5.56 Å². The van der Waals surface area contributed by atoms with Crippen LogP contribution in [0.25, 0.3) is 5.65 Å². The number of carbonyl (C=O) groups is 1. The molecule has 4 heterocycles. The highest BCUT2D eigenvalue weighted by Gasteiger charge is 2.24. The zero-order valence-electron chi connectivity index (χ0n) is 18.2. The van der Waals surface area contributed by atoms with E-state index < -0.39 is 5.91 Å². The molecule has 2 aliphatic heterocycles. The number of ether oxygens (including phenoxy) is 1. The molecule has 32 heavy (non-hydrogen) atoms. The molecule has 0 bridgehead atoms. The Hall–Kier alpha value is -3.53. The first-order valence-corrected chi connectivity index (χ1v) is 11.0. The van der Waals surface area contributed by atoms with Crippen LogP contribution in [0.1, 0.15) is 23.2 Å². The number of hydrogen-bond acceptors (Lipinski definition) is 8. The number of nitrogens with zero attached hydrogens (tertiary/aromatic N) is 5. The van der Waals surface area contributed by atoms with E-state index in [1.807, 2.05) is 22.7 Å². The number of imidazole rings is 1. The summed E-state index contributed by atoms with van der Waals surface area (Å²) in [5, 5.41) is 6.67. The summed E-state index contributed by atoms with van der Waals surface area (Å²) in [6.07, 6.45) is 5.70. The molecule has 2 saturated heterocycles. The van der Waals surface area contributed by atoms with Crippen molar-refractivity contribution in [2.24, 2.45) is 5.73 Å². The minimum atomic E-state index is -0.583. The van der Waals surface area contributed by atoms with Gasteiger partial charge in [-0.1, -0.05) is 0 Å². The van der Waals surface area contributed by atoms with Gasteiger partial charge in [-0.15, -0.1) is 0 Å². The first-order valence-electron chi connectivity index (χ1n) is 11.0. The molecule has 0 spiro atoms. The lowest BCUT2D eigenvalue weighted by molar-refractivity contribution is 0.100. The molecule has 0 unspecified atom stereocenters. The molecule has 1 amide bonds. The van der Waals surface area contributed by atoms with E-state index in [1.165, 1.54) is 0 Å². The van der Waals surface area contributed by atoms with E-state index in [9.17, 15) is 4.79 Å². The van der Waals surface area contributed by atoms with Crippen molar-refractivity contribution in [3.8, 4) is 5.75 Å². The number of benzene rings is 1. The molecule has 168 valence electrons. The third kappa shape index (κ3) is 3.66. The smallest absolute Gasteiger partial charge is 0.256 e. The quantitative estimate of drug-likeness (QED) is 0.534. The van der Waals surface area contributed by atoms with Crippen molar-refractivity contribution in [2.45, 2.75) is 12.8 Å². The SMILES string of the molecule is COc1cc(N2CCNCC2)ccc1Nc1nc(N2CCCC2)n2ccnc2c1C(N)=O. The Kier molecular flexibility index (Phi) is 5.44. The Morgan fingerprint density at radius 3 is 2.66 bits per heavy atom. The number of methoxy groups -OCH3 is 1. The lowest BCUT2D eigenvalue weighted by Gasteiger charge is -2.30. The molecular formula is C22H28N8O2. The molecule has 0 aliphatic carbocycles. The monoisotopic (exact) mass is 436 g/mol. The predicted octanol–water partition coefficient (Wildman–Crippen LogP) is 1.59. The van der Waals surface area contributed by atoms with Crippen molar-refractivity contribution >= 4 is 34.7 Å². The number of nitrogens with one attached hydrogen (secondary N) is 2. The lowest BCUT2D eigenvalue weighted by atomic mass is 10.2. The molecule has 2 aromatic heterocycles. The molecule has 2 fully saturated rings. The standard InChI is InChI=1S/C22H28N8O2/c1-32-17-14-15(28-11-6-24-7-12-28)4-5-16(17)26-20-18(19(23)31)21-25-8-13-30(21)22(27-20)29-9-2-3-10-29/h4-5,8,13-14,24,26H,2-3,6-7,9-12H2,1H3,(H2,23,31). The number of piperazine rings is 1. The summed E-state index contributed by atoms with van der Waals surface area (Å²) in [6, 6.07) is 6.01. The van der Waals surface area contributed by atoms with Gasteiger partial charge in [0.2, 0.25) is 5.95 Å². The molecule has 0 atom stereocenters. The van der Waals surface area contributed by atoms with Gasteiger partial charge >= 0.3 is 0 Å². The second-order valence-electron chi connectivity index (χ2n) is 8.06. The van der Waals surface area contributed by atoms with Gasteiger partial charge in [0.05, 0.1) is 12.8 Å². The number of nitrogens with two attached hydrogens (primary N) is 1. The van der Waals surface area contributed by atoms with Crippen molar-refractivity contribution in [1.29, 1.82) is 0 Å². The van der Waals surface area contributed by atoms with Crippen LogP contribution >= 0.6 is 0 Å². The lowest BCUT2D eigenvalue weighted by Crippen LogP contribution is -2.43. The highest BCUT2D eigenvalue weighted by Crippen LogP contribution is 2.34. The molecule has 10 heteroatoms. The van der Waals surface area contributed by atoms with Gasteiger partial charge in [0.25, 0.3) is 5.91 Å². The van der Waals surface area contributed by atoms with Gasteiger partial charge in [-0.05, 0) is 25.0 Å². The number of amides is 1. The minimum Gasteiger partial charge on any atom is -0.494 e. The van der Waals surface area contributed by atoms with Gasteiger partial charge in [0, 0.05) is 63.4 Å². The molecule has 1 aromatic carbocycles. The summed E-state index contributed by atoms with van der Waals surface area (Å²) in [6.45, 7) is 5.63. The van der Waals surface area contributed by atoms with Crippen LogP contribution in [0, 0.1) is 0 Å². The Morgan fingerprint density at radius 1 is 1.16 bits per heavy atom. The van der Waals surface area contributed by atoms with Crippen LogP contribution in [-0.2, 0) is 0 Å². The van der Waals surface area contributed by atoms with Crippen LogP contribution in [0.4, 0.5) is 23.1 Å². The van der Waals surface area contributed by atoms with Gasteiger partial charge in [-0.2, -0.15) is 4.98 Å². The van der Waals surface area contributed by atoms with Crippen LogP contribution in [0.5, 0.6) is 5.75 Å². The molecule has 3 aromatic rings. The number of rotatable bonds is 6. The first kappa shape index (κ1) is 20.4. The second-order valence-corrected chi connectivity index (χ2v) is 8.06. The summed E-state index contributed by atoms with van der Waals surface area (Å²) < 4.78 is 7.51. The molecule has 0 saturated carbocycles. The average Bonchev–Trinajstić information content (AvgIpc) is 3.51. The number of anilines is 4. The molecule has 2 aliphatic rings. The van der Waals surface area contributed by atoms with Crippen LogP contribution in [-0.4, -0.2) is 66.7 Å². The zero-order valence-corrected chi connectivity index (χ0v) is 18.2. The zero-order chi connectivity index (χ0) is 22.1. The third-order valence-corrected chi connectivity index (χ3v) is 6.08. The number of fused-ring (bicyclic) bond motifs is 1. The largest absolute Gasteiger partial charge is 0.494 e. The number of aromatic nitrogens is 3. The normalized spacial score (nSPS) is 16.5. The number of hydrogen-bond donors (Lipinski definition) is 3. The van der Waals surface area contributed by atoms with Crippen molar-refractivity contribution in [3.05, 3.63) is 36.2 Å². The molecule has 4 N–H and O–H groups in total. The highest BCUT2D eigenvalue weighted by molar-refractivity contribution is 6.04. The van der Waals surface area contributed by atoms with E-state index in [1.54, 1.807) is 13.3 Å². The van der Waals surface area contributed by atoms with Crippen LogP contribution in [0.3, 0.4) is 0 Å². The Balaban J connectivity index is 1.55. The van der Waals surface area contributed by atoms with Crippen LogP contribution in [0.15, 0.2) is 30.6 Å². The molecule has 5 rings (SSSR count). The molecule has 0 radical (unpaired) electrons. The van der Waals surface area contributed by atoms with E-state index in [0.29, 0.717) is 22.9 Å². The summed E-state index contributed by atoms with van der Waals surface area (Å²) in [4.78, 5) is 26.1. The van der Waals surface area contributed by atoms with Gasteiger partial charge in [0.15, 0.2) is 11.5 Å². The van der Waals surface area contributed by atoms with E-state index in [2.05, 4.69) is 31.5 Å². The summed E-state index contributed by atoms with van der Waals surface area (Å²) >= 11 is 0. The van der Waals surface area contributed by atoms with Gasteiger partial charge in [-0.25, -0.2) is 4.98 Å². The fourth-order valence-electron chi connectivity index (χ4n) is 4.45. The Bertz CT molecular complexity index is 1130. The van der Waals surface area contributed by atoms with Crippen molar-refractivity contribution < 1.29 is 9.53 Å². The fourth-order valence-corrected chi connectivity index (χ4v) is 4.45. The fraction of sp³-hybridized carbons (Fsp3) is 0.409. The maximum atomic E-state index is 12.4. The Labute approximate surface area is 186 Å². The minimum absolute atomic E-state index is 0.256. The van der Waals surface area contributed by atoms with Crippen molar-refractivity contribution in [2.75, 3.05) is 61.5 Å².